The van der Waals surface area contributed by atoms with E-state index < -0.39 is 10.0 Å². The van der Waals surface area contributed by atoms with Gasteiger partial charge in [-0.2, -0.15) is 0 Å². The Morgan fingerprint density at radius 1 is 1.50 bits per heavy atom. The zero-order valence-electron chi connectivity index (χ0n) is 9.28. The molecule has 0 heterocycles. The average Bonchev–Trinajstić information content (AvgIpc) is 2.02. The van der Waals surface area contributed by atoms with Gasteiger partial charge in [-0.05, 0) is 6.92 Å². The molecule has 0 unspecified atom stereocenters. The van der Waals surface area contributed by atoms with Crippen LogP contribution in [-0.4, -0.2) is 58.9 Å². The molecule has 0 radical (unpaired) electrons. The van der Waals surface area contributed by atoms with Gasteiger partial charge in [0.15, 0.2) is 0 Å². The van der Waals surface area contributed by atoms with Gasteiger partial charge in [-0.25, -0.2) is 12.7 Å². The number of hydrogen-bond acceptors (Lipinski definition) is 4. The molecule has 0 aliphatic rings. The minimum absolute atomic E-state index is 0.243. The molecule has 0 spiro atoms. The van der Waals surface area contributed by atoms with Crippen molar-refractivity contribution in [1.29, 1.82) is 0 Å². The summed E-state index contributed by atoms with van der Waals surface area (Å²) in [7, 11) is 0.156. The molecule has 0 saturated carbocycles. The highest BCUT2D eigenvalue weighted by molar-refractivity contribution is 7.88. The summed E-state index contributed by atoms with van der Waals surface area (Å²) in [6, 6.07) is 0.243. The number of methoxy groups -OCH3 is 1. The lowest BCUT2D eigenvalue weighted by Gasteiger charge is -2.17. The van der Waals surface area contributed by atoms with Gasteiger partial charge in [-0.3, -0.25) is 0 Å². The predicted octanol–water partition coefficient (Wildman–Crippen LogP) is -0.498. The Morgan fingerprint density at radius 3 is 2.50 bits per heavy atom. The topological polar surface area (TPSA) is 58.6 Å². The van der Waals surface area contributed by atoms with Gasteiger partial charge in [0, 0.05) is 33.3 Å². The molecule has 86 valence electrons. The second kappa shape index (κ2) is 6.34. The van der Waals surface area contributed by atoms with Gasteiger partial charge in [0.2, 0.25) is 10.0 Å². The summed E-state index contributed by atoms with van der Waals surface area (Å²) >= 11 is 0. The summed E-state index contributed by atoms with van der Waals surface area (Å²) in [6.45, 7) is 3.73. The van der Waals surface area contributed by atoms with Crippen molar-refractivity contribution >= 4 is 10.0 Å². The van der Waals surface area contributed by atoms with E-state index in [2.05, 4.69) is 5.32 Å². The van der Waals surface area contributed by atoms with Gasteiger partial charge in [-0.1, -0.05) is 0 Å². The number of rotatable bonds is 7. The van der Waals surface area contributed by atoms with E-state index in [1.807, 2.05) is 6.92 Å². The maximum Gasteiger partial charge on any atom is 0.210 e. The van der Waals surface area contributed by atoms with E-state index in [0.29, 0.717) is 19.7 Å². The maximum absolute atomic E-state index is 11.0. The Morgan fingerprint density at radius 2 is 2.07 bits per heavy atom. The van der Waals surface area contributed by atoms with Crippen LogP contribution in [0.1, 0.15) is 6.92 Å². The molecule has 0 aliphatic heterocycles. The summed E-state index contributed by atoms with van der Waals surface area (Å²) in [5, 5.41) is 3.16. The Labute approximate surface area is 86.5 Å². The maximum atomic E-state index is 11.0. The quantitative estimate of drug-likeness (QED) is 0.633. The van der Waals surface area contributed by atoms with Crippen LogP contribution in [0.4, 0.5) is 0 Å². The summed E-state index contributed by atoms with van der Waals surface area (Å²) in [6.07, 6.45) is 1.20. The molecule has 1 N–H and O–H groups in total. The fraction of sp³-hybridized carbons (Fsp3) is 1.00. The first kappa shape index (κ1) is 13.8. The summed E-state index contributed by atoms with van der Waals surface area (Å²) < 4.78 is 28.3. The monoisotopic (exact) mass is 224 g/mol. The SMILES string of the molecule is COC[C@H](C)NCCN(C)S(C)(=O)=O. The van der Waals surface area contributed by atoms with Crippen LogP contribution >= 0.6 is 0 Å². The lowest BCUT2D eigenvalue weighted by Crippen LogP contribution is -2.38. The van der Waals surface area contributed by atoms with Crippen molar-refractivity contribution in [2.24, 2.45) is 0 Å². The zero-order chi connectivity index (χ0) is 11.2. The molecule has 0 fully saturated rings. The molecule has 0 aromatic heterocycles. The molecule has 6 heteroatoms. The van der Waals surface area contributed by atoms with E-state index in [0.717, 1.165) is 0 Å². The summed E-state index contributed by atoms with van der Waals surface area (Å²) in [5.74, 6) is 0. The smallest absolute Gasteiger partial charge is 0.210 e. The van der Waals surface area contributed by atoms with Gasteiger partial charge in [0.1, 0.15) is 0 Å². The van der Waals surface area contributed by atoms with Gasteiger partial charge in [0.05, 0.1) is 12.9 Å². The highest BCUT2D eigenvalue weighted by atomic mass is 32.2. The minimum Gasteiger partial charge on any atom is -0.383 e. The van der Waals surface area contributed by atoms with Crippen LogP contribution in [0.15, 0.2) is 0 Å². The second-order valence-electron chi connectivity index (χ2n) is 3.40. The van der Waals surface area contributed by atoms with Crippen LogP contribution in [0.2, 0.25) is 0 Å². The number of nitrogens with zero attached hydrogens (tertiary/aromatic N) is 1. The third-order valence-corrected chi connectivity index (χ3v) is 3.22. The molecule has 0 aromatic rings. The van der Waals surface area contributed by atoms with Crippen LogP contribution < -0.4 is 5.32 Å². The number of nitrogens with one attached hydrogen (secondary N) is 1. The van der Waals surface area contributed by atoms with Crippen LogP contribution in [0.5, 0.6) is 0 Å². The highest BCUT2D eigenvalue weighted by Crippen LogP contribution is 1.91. The molecule has 5 nitrogen and oxygen atoms in total. The van der Waals surface area contributed by atoms with Crippen molar-refractivity contribution in [3.63, 3.8) is 0 Å². The number of hydrogen-bond donors (Lipinski definition) is 1. The third-order valence-electron chi connectivity index (χ3n) is 1.90. The molecule has 0 aliphatic carbocycles. The zero-order valence-corrected chi connectivity index (χ0v) is 10.1. The average molecular weight is 224 g/mol. The van der Waals surface area contributed by atoms with Crippen LogP contribution in [0, 0.1) is 0 Å². The van der Waals surface area contributed by atoms with E-state index >= 15 is 0 Å². The number of sulfonamides is 1. The van der Waals surface area contributed by atoms with Crippen molar-refractivity contribution in [3.05, 3.63) is 0 Å². The van der Waals surface area contributed by atoms with Crippen molar-refractivity contribution in [2.75, 3.05) is 40.1 Å². The third kappa shape index (κ3) is 6.31. The first-order valence-electron chi connectivity index (χ1n) is 4.51. The molecule has 1 atom stereocenters. The van der Waals surface area contributed by atoms with E-state index in [9.17, 15) is 8.42 Å². The molecule has 0 amide bonds. The molecular formula is C8H20N2O3S. The van der Waals surface area contributed by atoms with E-state index in [1.54, 1.807) is 14.2 Å². The molecule has 0 rings (SSSR count). The molecular weight excluding hydrogens is 204 g/mol. The van der Waals surface area contributed by atoms with E-state index in [4.69, 9.17) is 4.74 Å². The van der Waals surface area contributed by atoms with Crippen molar-refractivity contribution in [1.82, 2.24) is 9.62 Å². The number of likely N-dealkylation sites (N-methyl/N-ethyl adjacent to an activating group) is 1. The fourth-order valence-electron chi connectivity index (χ4n) is 0.943. The minimum atomic E-state index is -3.05. The van der Waals surface area contributed by atoms with Gasteiger partial charge in [-0.15, -0.1) is 0 Å². The van der Waals surface area contributed by atoms with Crippen molar-refractivity contribution < 1.29 is 13.2 Å². The largest absolute Gasteiger partial charge is 0.383 e. The van der Waals surface area contributed by atoms with Crippen LogP contribution in [-0.2, 0) is 14.8 Å². The van der Waals surface area contributed by atoms with Crippen LogP contribution in [0.25, 0.3) is 0 Å². The lowest BCUT2D eigenvalue weighted by molar-refractivity contribution is 0.172. The second-order valence-corrected chi connectivity index (χ2v) is 5.48. The Bertz CT molecular complexity index is 241. The molecule has 0 saturated heterocycles. The Hall–Kier alpha value is -0.170. The van der Waals surface area contributed by atoms with Crippen LogP contribution in [0.3, 0.4) is 0 Å². The normalized spacial score (nSPS) is 14.6. The Balaban J connectivity index is 3.64. The predicted molar refractivity (Wildman–Crippen MR) is 56.8 cm³/mol. The van der Waals surface area contributed by atoms with E-state index in [-0.39, 0.29) is 6.04 Å². The molecule has 0 bridgehead atoms. The fourth-order valence-corrected chi connectivity index (χ4v) is 1.37. The van der Waals surface area contributed by atoms with Gasteiger partial charge in [0.25, 0.3) is 0 Å². The lowest BCUT2D eigenvalue weighted by atomic mass is 10.3. The summed E-state index contributed by atoms with van der Waals surface area (Å²) in [5.41, 5.74) is 0. The van der Waals surface area contributed by atoms with Crippen molar-refractivity contribution in [2.45, 2.75) is 13.0 Å². The molecule has 14 heavy (non-hydrogen) atoms. The first-order valence-corrected chi connectivity index (χ1v) is 6.36. The first-order chi connectivity index (χ1) is 6.38. The number of ether oxygens (including phenoxy) is 1. The van der Waals surface area contributed by atoms with Gasteiger partial charge >= 0.3 is 0 Å². The van der Waals surface area contributed by atoms with Gasteiger partial charge < -0.3 is 10.1 Å². The Kier molecular flexibility index (Phi) is 6.26. The van der Waals surface area contributed by atoms with E-state index in [1.165, 1.54) is 10.6 Å². The van der Waals surface area contributed by atoms with Crippen molar-refractivity contribution in [3.8, 4) is 0 Å². The standard InChI is InChI=1S/C8H20N2O3S/c1-8(7-13-3)9-5-6-10(2)14(4,11)12/h8-9H,5-7H2,1-4H3/t8-/m0/s1. The molecule has 0 aromatic carbocycles. The highest BCUT2D eigenvalue weighted by Gasteiger charge is 2.10. The summed E-state index contributed by atoms with van der Waals surface area (Å²) in [4.78, 5) is 0.